The molecule has 1 aromatic carbocycles. The third-order valence-corrected chi connectivity index (χ3v) is 3.91. The van der Waals surface area contributed by atoms with Gasteiger partial charge in [0, 0.05) is 5.69 Å². The lowest BCUT2D eigenvalue weighted by atomic mass is 10.1. The molecule has 0 aliphatic heterocycles. The van der Waals surface area contributed by atoms with Crippen LogP contribution in [-0.4, -0.2) is 8.42 Å². The maximum atomic E-state index is 11.4. The molecule has 0 aliphatic carbocycles. The number of rotatable bonds is 4. The highest BCUT2D eigenvalue weighted by Crippen LogP contribution is 2.23. The second-order valence-electron chi connectivity index (χ2n) is 4.41. The summed E-state index contributed by atoms with van der Waals surface area (Å²) in [6.07, 6.45) is 1.61. The molecule has 102 valence electrons. The topological polar surface area (TPSA) is 85.3 Å². The summed E-state index contributed by atoms with van der Waals surface area (Å²) < 4.78 is 28.0. The van der Waals surface area contributed by atoms with Crippen molar-refractivity contribution in [2.75, 3.05) is 5.32 Å². The molecule has 0 aliphatic rings. The molecule has 0 atom stereocenters. The molecule has 0 radical (unpaired) electrons. The standard InChI is InChI=1S/C13H16N2O3S/c1-9-7-13(19(14,16)17)10(2)6-12(9)15-8-11-4-3-5-18-11/h3-7,15H,8H2,1-2H3,(H2,14,16,17). The summed E-state index contributed by atoms with van der Waals surface area (Å²) in [4.78, 5) is 0.161. The Labute approximate surface area is 112 Å². The Bertz CT molecular complexity index is 676. The maximum Gasteiger partial charge on any atom is 0.238 e. The normalized spacial score (nSPS) is 11.5. The number of primary sulfonamides is 1. The van der Waals surface area contributed by atoms with Gasteiger partial charge in [-0.2, -0.15) is 0 Å². The number of furan rings is 1. The van der Waals surface area contributed by atoms with Crippen LogP contribution in [0, 0.1) is 13.8 Å². The minimum atomic E-state index is -3.68. The van der Waals surface area contributed by atoms with Gasteiger partial charge in [0.15, 0.2) is 0 Å². The second kappa shape index (κ2) is 5.07. The van der Waals surface area contributed by atoms with Crippen LogP contribution in [0.2, 0.25) is 0 Å². The fourth-order valence-corrected chi connectivity index (χ4v) is 2.73. The van der Waals surface area contributed by atoms with Crippen molar-refractivity contribution in [2.45, 2.75) is 25.3 Å². The number of anilines is 1. The number of hydrogen-bond donors (Lipinski definition) is 2. The second-order valence-corrected chi connectivity index (χ2v) is 5.94. The summed E-state index contributed by atoms with van der Waals surface area (Å²) in [7, 11) is -3.68. The molecule has 0 spiro atoms. The quantitative estimate of drug-likeness (QED) is 0.898. The summed E-state index contributed by atoms with van der Waals surface area (Å²) in [5.74, 6) is 0.813. The Balaban J connectivity index is 2.26. The van der Waals surface area contributed by atoms with E-state index >= 15 is 0 Å². The predicted octanol–water partition coefficient (Wildman–Crippen LogP) is 2.16. The van der Waals surface area contributed by atoms with Crippen LogP contribution in [0.25, 0.3) is 0 Å². The van der Waals surface area contributed by atoms with Crippen LogP contribution in [0.3, 0.4) is 0 Å². The third-order valence-electron chi connectivity index (χ3n) is 2.86. The molecule has 0 amide bonds. The van der Waals surface area contributed by atoms with E-state index in [0.717, 1.165) is 17.0 Å². The van der Waals surface area contributed by atoms with Gasteiger partial charge in [0.1, 0.15) is 5.76 Å². The summed E-state index contributed by atoms with van der Waals surface area (Å²) in [5.41, 5.74) is 2.30. The Hall–Kier alpha value is -1.79. The molecule has 3 N–H and O–H groups in total. The summed E-state index contributed by atoms with van der Waals surface area (Å²) in [5, 5.41) is 8.37. The van der Waals surface area contributed by atoms with E-state index in [9.17, 15) is 8.42 Å². The minimum absolute atomic E-state index is 0.161. The van der Waals surface area contributed by atoms with Crippen LogP contribution in [0.5, 0.6) is 0 Å². The van der Waals surface area contributed by atoms with Gasteiger partial charge in [-0.25, -0.2) is 13.6 Å². The lowest BCUT2D eigenvalue weighted by Crippen LogP contribution is -2.14. The Kier molecular flexibility index (Phi) is 3.64. The van der Waals surface area contributed by atoms with Gasteiger partial charge in [-0.1, -0.05) is 0 Å². The Morgan fingerprint density at radius 2 is 2.00 bits per heavy atom. The fourth-order valence-electron chi connectivity index (χ4n) is 1.88. The van der Waals surface area contributed by atoms with Crippen LogP contribution in [0.4, 0.5) is 5.69 Å². The third kappa shape index (κ3) is 3.15. The van der Waals surface area contributed by atoms with Gasteiger partial charge < -0.3 is 9.73 Å². The van der Waals surface area contributed by atoms with Gasteiger partial charge >= 0.3 is 0 Å². The highest BCUT2D eigenvalue weighted by Gasteiger charge is 2.13. The van der Waals surface area contributed by atoms with Crippen molar-refractivity contribution in [2.24, 2.45) is 5.14 Å². The fraction of sp³-hybridized carbons (Fsp3) is 0.231. The zero-order chi connectivity index (χ0) is 14.0. The van der Waals surface area contributed by atoms with E-state index in [2.05, 4.69) is 5.32 Å². The van der Waals surface area contributed by atoms with Crippen molar-refractivity contribution in [3.63, 3.8) is 0 Å². The van der Waals surface area contributed by atoms with E-state index < -0.39 is 10.0 Å². The summed E-state index contributed by atoms with van der Waals surface area (Å²) >= 11 is 0. The minimum Gasteiger partial charge on any atom is -0.467 e. The van der Waals surface area contributed by atoms with Crippen LogP contribution in [-0.2, 0) is 16.6 Å². The molecule has 5 nitrogen and oxygen atoms in total. The molecule has 0 saturated heterocycles. The average Bonchev–Trinajstić information content (AvgIpc) is 2.81. The monoisotopic (exact) mass is 280 g/mol. The number of aryl methyl sites for hydroxylation is 2. The SMILES string of the molecule is Cc1cc(S(N)(=O)=O)c(C)cc1NCc1ccco1. The molecular weight excluding hydrogens is 264 g/mol. The van der Waals surface area contributed by atoms with Crippen molar-refractivity contribution in [1.82, 2.24) is 0 Å². The summed E-state index contributed by atoms with van der Waals surface area (Å²) in [6.45, 7) is 4.10. The first-order valence-corrected chi connectivity index (χ1v) is 7.33. The van der Waals surface area contributed by atoms with Gasteiger partial charge in [0.25, 0.3) is 0 Å². The first-order valence-electron chi connectivity index (χ1n) is 5.78. The Morgan fingerprint density at radius 3 is 2.58 bits per heavy atom. The highest BCUT2D eigenvalue weighted by molar-refractivity contribution is 7.89. The van der Waals surface area contributed by atoms with E-state index in [1.807, 2.05) is 19.1 Å². The van der Waals surface area contributed by atoms with E-state index in [1.54, 1.807) is 25.3 Å². The average molecular weight is 280 g/mol. The first-order chi connectivity index (χ1) is 8.88. The molecular formula is C13H16N2O3S. The summed E-state index contributed by atoms with van der Waals surface area (Å²) in [6, 6.07) is 7.04. The number of nitrogens with one attached hydrogen (secondary N) is 1. The lowest BCUT2D eigenvalue weighted by molar-refractivity contribution is 0.518. The van der Waals surface area contributed by atoms with Crippen molar-refractivity contribution >= 4 is 15.7 Å². The molecule has 2 aromatic rings. The van der Waals surface area contributed by atoms with E-state index in [4.69, 9.17) is 9.56 Å². The predicted molar refractivity (Wildman–Crippen MR) is 73.3 cm³/mol. The van der Waals surface area contributed by atoms with Crippen LogP contribution < -0.4 is 10.5 Å². The van der Waals surface area contributed by atoms with Crippen LogP contribution in [0.1, 0.15) is 16.9 Å². The molecule has 1 aromatic heterocycles. The molecule has 2 rings (SSSR count). The number of benzene rings is 1. The van der Waals surface area contributed by atoms with E-state index in [1.165, 1.54) is 0 Å². The first kappa shape index (κ1) is 13.6. The molecule has 0 saturated carbocycles. The number of sulfonamides is 1. The van der Waals surface area contributed by atoms with Gasteiger partial charge in [-0.15, -0.1) is 0 Å². The highest BCUT2D eigenvalue weighted by atomic mass is 32.2. The Morgan fingerprint density at radius 1 is 1.26 bits per heavy atom. The molecule has 1 heterocycles. The largest absolute Gasteiger partial charge is 0.467 e. The number of hydrogen-bond acceptors (Lipinski definition) is 4. The van der Waals surface area contributed by atoms with Gasteiger partial charge in [0.2, 0.25) is 10.0 Å². The lowest BCUT2D eigenvalue weighted by Gasteiger charge is -2.12. The van der Waals surface area contributed by atoms with Crippen molar-refractivity contribution in [3.8, 4) is 0 Å². The molecule has 19 heavy (non-hydrogen) atoms. The van der Waals surface area contributed by atoms with Crippen LogP contribution >= 0.6 is 0 Å². The maximum absolute atomic E-state index is 11.4. The van der Waals surface area contributed by atoms with Crippen molar-refractivity contribution in [1.29, 1.82) is 0 Å². The molecule has 0 unspecified atom stereocenters. The zero-order valence-electron chi connectivity index (χ0n) is 10.8. The molecule has 0 fully saturated rings. The number of nitrogens with two attached hydrogens (primary N) is 1. The van der Waals surface area contributed by atoms with Gasteiger partial charge in [-0.05, 0) is 49.2 Å². The molecule has 6 heteroatoms. The zero-order valence-corrected chi connectivity index (χ0v) is 11.6. The van der Waals surface area contributed by atoms with Gasteiger partial charge in [0.05, 0.1) is 17.7 Å². The van der Waals surface area contributed by atoms with Crippen molar-refractivity contribution < 1.29 is 12.8 Å². The molecule has 0 bridgehead atoms. The van der Waals surface area contributed by atoms with Crippen molar-refractivity contribution in [3.05, 3.63) is 47.4 Å². The van der Waals surface area contributed by atoms with E-state index in [-0.39, 0.29) is 4.90 Å². The van der Waals surface area contributed by atoms with E-state index in [0.29, 0.717) is 12.1 Å². The van der Waals surface area contributed by atoms with Gasteiger partial charge in [-0.3, -0.25) is 0 Å². The van der Waals surface area contributed by atoms with Crippen LogP contribution in [0.15, 0.2) is 39.8 Å². The smallest absolute Gasteiger partial charge is 0.238 e.